The van der Waals surface area contributed by atoms with Gasteiger partial charge in [-0.15, -0.1) is 0 Å². The lowest BCUT2D eigenvalue weighted by Crippen LogP contribution is -2.64. The van der Waals surface area contributed by atoms with Crippen molar-refractivity contribution in [1.29, 1.82) is 0 Å². The molecule has 2 aromatic heterocycles. The molecule has 0 N–H and O–H groups in total. The fraction of sp³-hybridized carbons (Fsp3) is 0.550. The molecule has 0 unspecified atom stereocenters. The van der Waals surface area contributed by atoms with Gasteiger partial charge in [-0.25, -0.2) is 0 Å². The largest absolute Gasteiger partial charge is 0.468 e. The van der Waals surface area contributed by atoms with Crippen LogP contribution >= 0.6 is 0 Å². The minimum atomic E-state index is 0.102. The number of aromatic nitrogens is 1. The smallest absolute Gasteiger partial charge is 0.117 e. The first-order valence-electron chi connectivity index (χ1n) is 9.17. The van der Waals surface area contributed by atoms with Gasteiger partial charge in [-0.3, -0.25) is 9.88 Å². The molecule has 1 atom stereocenters. The zero-order valence-electron chi connectivity index (χ0n) is 14.9. The van der Waals surface area contributed by atoms with E-state index in [9.17, 15) is 0 Å². The first kappa shape index (κ1) is 16.8. The van der Waals surface area contributed by atoms with Crippen LogP contribution in [-0.2, 0) is 17.8 Å². The SMILES string of the molecule is CN(Cc1cccnc1)C[C@@H]1CCC2(CN(Cc3ccco3)C2)OC1. The maximum Gasteiger partial charge on any atom is 0.117 e. The predicted molar refractivity (Wildman–Crippen MR) is 96.0 cm³/mol. The van der Waals surface area contributed by atoms with Gasteiger partial charge < -0.3 is 14.1 Å². The summed E-state index contributed by atoms with van der Waals surface area (Å²) in [7, 11) is 2.19. The van der Waals surface area contributed by atoms with E-state index in [4.69, 9.17) is 9.15 Å². The average molecular weight is 341 g/mol. The first-order valence-corrected chi connectivity index (χ1v) is 9.17. The van der Waals surface area contributed by atoms with E-state index in [0.717, 1.165) is 45.1 Å². The van der Waals surface area contributed by atoms with Crippen molar-refractivity contribution >= 4 is 0 Å². The fourth-order valence-corrected chi connectivity index (χ4v) is 4.12. The second kappa shape index (κ2) is 7.28. The molecule has 5 nitrogen and oxygen atoms in total. The summed E-state index contributed by atoms with van der Waals surface area (Å²) in [5.74, 6) is 1.67. The highest BCUT2D eigenvalue weighted by molar-refractivity contribution is 5.08. The number of furan rings is 1. The molecule has 0 radical (unpaired) electrons. The molecule has 0 amide bonds. The van der Waals surface area contributed by atoms with Gasteiger partial charge in [-0.05, 0) is 49.6 Å². The lowest BCUT2D eigenvalue weighted by Gasteiger charge is -2.53. The topological polar surface area (TPSA) is 41.7 Å². The van der Waals surface area contributed by atoms with E-state index in [1.165, 1.54) is 18.4 Å². The molecule has 2 aliphatic rings. The number of rotatable bonds is 6. The Hall–Kier alpha value is -1.69. The highest BCUT2D eigenvalue weighted by Gasteiger charge is 2.46. The number of hydrogen-bond acceptors (Lipinski definition) is 5. The third-order valence-corrected chi connectivity index (χ3v) is 5.36. The summed E-state index contributed by atoms with van der Waals surface area (Å²) in [6, 6.07) is 8.13. The van der Waals surface area contributed by atoms with Gasteiger partial charge in [0.2, 0.25) is 0 Å². The van der Waals surface area contributed by atoms with Gasteiger partial charge in [-0.1, -0.05) is 6.07 Å². The molecule has 2 aromatic rings. The molecule has 134 valence electrons. The minimum absolute atomic E-state index is 0.102. The zero-order valence-corrected chi connectivity index (χ0v) is 14.9. The molecule has 25 heavy (non-hydrogen) atoms. The molecule has 0 bridgehead atoms. The van der Waals surface area contributed by atoms with Crippen LogP contribution in [0.5, 0.6) is 0 Å². The van der Waals surface area contributed by atoms with E-state index >= 15 is 0 Å². The van der Waals surface area contributed by atoms with Gasteiger partial charge in [0.1, 0.15) is 5.76 Å². The summed E-state index contributed by atoms with van der Waals surface area (Å²) in [6.45, 7) is 5.88. The number of nitrogens with zero attached hydrogens (tertiary/aromatic N) is 3. The standard InChI is InChI=1S/C20H27N3O2/c1-22(11-17-4-2-8-21-10-17)12-18-6-7-20(25-14-18)15-23(16-20)13-19-5-3-9-24-19/h2-5,8-10,18H,6-7,11-16H2,1H3/t18-/m0/s1. The third kappa shape index (κ3) is 4.11. The monoisotopic (exact) mass is 341 g/mol. The van der Waals surface area contributed by atoms with E-state index < -0.39 is 0 Å². The molecule has 2 fully saturated rings. The summed E-state index contributed by atoms with van der Waals surface area (Å²) in [6.07, 6.45) is 7.95. The van der Waals surface area contributed by atoms with Crippen molar-refractivity contribution in [3.63, 3.8) is 0 Å². The molecule has 5 heteroatoms. The highest BCUT2D eigenvalue weighted by Crippen LogP contribution is 2.36. The predicted octanol–water partition coefficient (Wildman–Crippen LogP) is 2.79. The molecular formula is C20H27N3O2. The van der Waals surface area contributed by atoms with Crippen LogP contribution in [0.4, 0.5) is 0 Å². The second-order valence-corrected chi connectivity index (χ2v) is 7.68. The van der Waals surface area contributed by atoms with Crippen LogP contribution in [-0.4, -0.2) is 53.7 Å². The molecule has 4 rings (SSSR count). The van der Waals surface area contributed by atoms with Crippen molar-refractivity contribution in [3.05, 3.63) is 54.2 Å². The summed E-state index contributed by atoms with van der Waals surface area (Å²) in [5, 5.41) is 0. The molecule has 2 saturated heterocycles. The van der Waals surface area contributed by atoms with Crippen LogP contribution in [0.2, 0.25) is 0 Å². The van der Waals surface area contributed by atoms with Crippen LogP contribution < -0.4 is 0 Å². The van der Waals surface area contributed by atoms with E-state index in [0.29, 0.717) is 5.92 Å². The maximum absolute atomic E-state index is 6.30. The van der Waals surface area contributed by atoms with Gasteiger partial charge in [0, 0.05) is 38.6 Å². The molecule has 0 aromatic carbocycles. The average Bonchev–Trinajstić information content (AvgIpc) is 3.09. The second-order valence-electron chi connectivity index (χ2n) is 7.68. The quantitative estimate of drug-likeness (QED) is 0.808. The Kier molecular flexibility index (Phi) is 4.88. The molecule has 0 aliphatic carbocycles. The fourth-order valence-electron chi connectivity index (χ4n) is 4.12. The number of pyridine rings is 1. The number of likely N-dealkylation sites (tertiary alicyclic amines) is 1. The summed E-state index contributed by atoms with van der Waals surface area (Å²) in [5.41, 5.74) is 1.37. The van der Waals surface area contributed by atoms with E-state index in [2.05, 4.69) is 27.9 Å². The maximum atomic E-state index is 6.30. The van der Waals surface area contributed by atoms with E-state index in [1.807, 2.05) is 30.6 Å². The third-order valence-electron chi connectivity index (χ3n) is 5.36. The van der Waals surface area contributed by atoms with Crippen LogP contribution in [0.1, 0.15) is 24.2 Å². The van der Waals surface area contributed by atoms with Gasteiger partial charge >= 0.3 is 0 Å². The molecular weight excluding hydrogens is 314 g/mol. The molecule has 2 aliphatic heterocycles. The lowest BCUT2D eigenvalue weighted by atomic mass is 9.82. The summed E-state index contributed by atoms with van der Waals surface area (Å²) in [4.78, 5) is 8.99. The Morgan fingerprint density at radius 1 is 1.32 bits per heavy atom. The van der Waals surface area contributed by atoms with Crippen LogP contribution in [0.15, 0.2) is 47.3 Å². The van der Waals surface area contributed by atoms with Gasteiger partial charge in [0.25, 0.3) is 0 Å². The first-order chi connectivity index (χ1) is 12.2. The number of ether oxygens (including phenoxy) is 1. The Morgan fingerprint density at radius 3 is 2.92 bits per heavy atom. The molecule has 1 spiro atoms. The van der Waals surface area contributed by atoms with Gasteiger partial charge in [0.15, 0.2) is 0 Å². The molecule has 0 saturated carbocycles. The minimum Gasteiger partial charge on any atom is -0.468 e. The van der Waals surface area contributed by atoms with Crippen LogP contribution in [0.3, 0.4) is 0 Å². The van der Waals surface area contributed by atoms with Gasteiger partial charge in [-0.2, -0.15) is 0 Å². The van der Waals surface area contributed by atoms with Crippen molar-refractivity contribution in [2.45, 2.75) is 31.5 Å². The lowest BCUT2D eigenvalue weighted by molar-refractivity contribution is -0.184. The van der Waals surface area contributed by atoms with Crippen LogP contribution in [0, 0.1) is 5.92 Å². The number of hydrogen-bond donors (Lipinski definition) is 0. The Balaban J connectivity index is 1.19. The van der Waals surface area contributed by atoms with Crippen molar-refractivity contribution < 1.29 is 9.15 Å². The highest BCUT2D eigenvalue weighted by atomic mass is 16.5. The van der Waals surface area contributed by atoms with Crippen molar-refractivity contribution in [1.82, 2.24) is 14.8 Å². The summed E-state index contributed by atoms with van der Waals surface area (Å²) >= 11 is 0. The van der Waals surface area contributed by atoms with Crippen molar-refractivity contribution in [3.8, 4) is 0 Å². The normalized spacial score (nSPS) is 23.0. The Bertz CT molecular complexity index is 643. The Labute approximate surface area is 149 Å². The zero-order chi connectivity index (χ0) is 17.1. The van der Waals surface area contributed by atoms with E-state index in [-0.39, 0.29) is 5.60 Å². The Morgan fingerprint density at radius 2 is 2.24 bits per heavy atom. The van der Waals surface area contributed by atoms with Crippen LogP contribution in [0.25, 0.3) is 0 Å². The van der Waals surface area contributed by atoms with E-state index in [1.54, 1.807) is 6.26 Å². The van der Waals surface area contributed by atoms with Crippen molar-refractivity contribution in [2.24, 2.45) is 5.92 Å². The molecule has 4 heterocycles. The summed E-state index contributed by atoms with van der Waals surface area (Å²) < 4.78 is 11.7. The van der Waals surface area contributed by atoms with Crippen molar-refractivity contribution in [2.75, 3.05) is 33.3 Å². The van der Waals surface area contributed by atoms with Gasteiger partial charge in [0.05, 0.1) is 25.0 Å².